The van der Waals surface area contributed by atoms with Crippen molar-refractivity contribution in [3.63, 3.8) is 0 Å². The van der Waals surface area contributed by atoms with E-state index < -0.39 is 11.9 Å². The van der Waals surface area contributed by atoms with Gasteiger partial charge < -0.3 is 5.32 Å². The van der Waals surface area contributed by atoms with Gasteiger partial charge >= 0.3 is 0 Å². The molecule has 1 aliphatic rings. The van der Waals surface area contributed by atoms with Crippen LogP contribution in [0.25, 0.3) is 0 Å². The lowest BCUT2D eigenvalue weighted by atomic mass is 10.1. The second-order valence-corrected chi connectivity index (χ2v) is 5.46. The maximum atomic E-state index is 13.0. The van der Waals surface area contributed by atoms with Crippen LogP contribution in [0.1, 0.15) is 18.9 Å². The number of nitrogens with zero attached hydrogens (tertiary/aromatic N) is 1. The average Bonchev–Trinajstić information content (AvgIpc) is 2.83. The SMILES string of the molecule is CCc1ccccc1NC1CC(=O)N(c2ccc(F)cc2)C1=O. The van der Waals surface area contributed by atoms with E-state index in [1.807, 2.05) is 31.2 Å². The average molecular weight is 312 g/mol. The maximum Gasteiger partial charge on any atom is 0.256 e. The van der Waals surface area contributed by atoms with Crippen molar-refractivity contribution in [1.82, 2.24) is 0 Å². The van der Waals surface area contributed by atoms with Crippen molar-refractivity contribution in [2.75, 3.05) is 10.2 Å². The van der Waals surface area contributed by atoms with Gasteiger partial charge in [0, 0.05) is 5.69 Å². The fourth-order valence-electron chi connectivity index (χ4n) is 2.76. The molecule has 0 aliphatic carbocycles. The number of amides is 2. The van der Waals surface area contributed by atoms with E-state index in [4.69, 9.17) is 0 Å². The molecule has 1 atom stereocenters. The predicted molar refractivity (Wildman–Crippen MR) is 86.7 cm³/mol. The van der Waals surface area contributed by atoms with E-state index in [1.54, 1.807) is 0 Å². The Morgan fingerprint density at radius 1 is 1.13 bits per heavy atom. The number of hydrogen-bond donors (Lipinski definition) is 1. The monoisotopic (exact) mass is 312 g/mol. The normalized spacial score (nSPS) is 17.7. The van der Waals surface area contributed by atoms with Crippen LogP contribution in [0.3, 0.4) is 0 Å². The van der Waals surface area contributed by atoms with Gasteiger partial charge in [0.15, 0.2) is 0 Å². The minimum absolute atomic E-state index is 0.0915. The molecule has 0 spiro atoms. The molecule has 3 rings (SSSR count). The van der Waals surface area contributed by atoms with E-state index in [-0.39, 0.29) is 18.2 Å². The fourth-order valence-corrected chi connectivity index (χ4v) is 2.76. The van der Waals surface area contributed by atoms with E-state index in [0.29, 0.717) is 5.69 Å². The Labute approximate surface area is 133 Å². The van der Waals surface area contributed by atoms with Crippen LogP contribution in [0.2, 0.25) is 0 Å². The first-order valence-corrected chi connectivity index (χ1v) is 7.57. The molecule has 1 N–H and O–H groups in total. The molecule has 1 heterocycles. The summed E-state index contributed by atoms with van der Waals surface area (Å²) in [5, 5.41) is 3.17. The molecule has 2 aromatic carbocycles. The lowest BCUT2D eigenvalue weighted by Crippen LogP contribution is -2.35. The van der Waals surface area contributed by atoms with Crippen molar-refractivity contribution in [2.24, 2.45) is 0 Å². The Morgan fingerprint density at radius 2 is 1.83 bits per heavy atom. The summed E-state index contributed by atoms with van der Waals surface area (Å²) in [6.07, 6.45) is 0.925. The predicted octanol–water partition coefficient (Wildman–Crippen LogP) is 3.13. The smallest absolute Gasteiger partial charge is 0.256 e. The summed E-state index contributed by atoms with van der Waals surface area (Å²) in [5.41, 5.74) is 2.35. The zero-order valence-electron chi connectivity index (χ0n) is 12.8. The molecule has 0 saturated carbocycles. The molecule has 0 radical (unpaired) electrons. The van der Waals surface area contributed by atoms with Crippen LogP contribution >= 0.6 is 0 Å². The Kier molecular flexibility index (Phi) is 4.10. The molecule has 1 unspecified atom stereocenters. The Hall–Kier alpha value is -2.69. The molecule has 118 valence electrons. The number of carbonyl (C=O) groups excluding carboxylic acids is 2. The van der Waals surface area contributed by atoms with Crippen LogP contribution in [0, 0.1) is 5.82 Å². The van der Waals surface area contributed by atoms with E-state index >= 15 is 0 Å². The molecule has 5 heteroatoms. The second kappa shape index (κ2) is 6.20. The zero-order valence-corrected chi connectivity index (χ0v) is 12.8. The molecule has 4 nitrogen and oxygen atoms in total. The molecule has 0 aromatic heterocycles. The highest BCUT2D eigenvalue weighted by molar-refractivity contribution is 6.23. The van der Waals surface area contributed by atoms with Gasteiger partial charge in [0.05, 0.1) is 12.1 Å². The quantitative estimate of drug-likeness (QED) is 0.882. The van der Waals surface area contributed by atoms with Gasteiger partial charge in [-0.1, -0.05) is 25.1 Å². The summed E-state index contributed by atoms with van der Waals surface area (Å²) >= 11 is 0. The number of carbonyl (C=O) groups is 2. The van der Waals surface area contributed by atoms with Gasteiger partial charge in [-0.2, -0.15) is 0 Å². The van der Waals surface area contributed by atoms with Crippen LogP contribution in [0.4, 0.5) is 15.8 Å². The molecule has 0 bridgehead atoms. The third-order valence-electron chi connectivity index (χ3n) is 3.96. The zero-order chi connectivity index (χ0) is 16.4. The Bertz CT molecular complexity index is 743. The summed E-state index contributed by atoms with van der Waals surface area (Å²) < 4.78 is 13.0. The van der Waals surface area contributed by atoms with E-state index in [9.17, 15) is 14.0 Å². The van der Waals surface area contributed by atoms with Gasteiger partial charge in [-0.25, -0.2) is 9.29 Å². The number of para-hydroxylation sites is 1. The number of halogens is 1. The van der Waals surface area contributed by atoms with Crippen molar-refractivity contribution >= 4 is 23.2 Å². The van der Waals surface area contributed by atoms with Crippen LogP contribution < -0.4 is 10.2 Å². The van der Waals surface area contributed by atoms with Crippen molar-refractivity contribution in [2.45, 2.75) is 25.8 Å². The number of anilines is 2. The highest BCUT2D eigenvalue weighted by atomic mass is 19.1. The minimum atomic E-state index is -0.597. The highest BCUT2D eigenvalue weighted by Gasteiger charge is 2.39. The topological polar surface area (TPSA) is 49.4 Å². The number of imide groups is 1. The third-order valence-corrected chi connectivity index (χ3v) is 3.96. The van der Waals surface area contributed by atoms with Crippen LogP contribution in [-0.2, 0) is 16.0 Å². The van der Waals surface area contributed by atoms with E-state index in [0.717, 1.165) is 22.6 Å². The molecule has 2 amide bonds. The molecular weight excluding hydrogens is 295 g/mol. The summed E-state index contributed by atoms with van der Waals surface area (Å²) in [6, 6.07) is 12.5. The molecule has 2 aromatic rings. The first-order valence-electron chi connectivity index (χ1n) is 7.57. The lowest BCUT2D eigenvalue weighted by Gasteiger charge is -2.17. The Morgan fingerprint density at radius 3 is 2.52 bits per heavy atom. The third kappa shape index (κ3) is 2.95. The lowest BCUT2D eigenvalue weighted by molar-refractivity contribution is -0.121. The van der Waals surface area contributed by atoms with Crippen LogP contribution in [-0.4, -0.2) is 17.9 Å². The first-order chi connectivity index (χ1) is 11.1. The van der Waals surface area contributed by atoms with Gasteiger partial charge in [0.25, 0.3) is 5.91 Å². The second-order valence-electron chi connectivity index (χ2n) is 5.46. The number of benzene rings is 2. The fraction of sp³-hybridized carbons (Fsp3) is 0.222. The highest BCUT2D eigenvalue weighted by Crippen LogP contribution is 2.26. The molecule has 1 fully saturated rings. The molecule has 1 aliphatic heterocycles. The number of hydrogen-bond acceptors (Lipinski definition) is 3. The van der Waals surface area contributed by atoms with Gasteiger partial charge in [0.2, 0.25) is 5.91 Å². The maximum absolute atomic E-state index is 13.0. The largest absolute Gasteiger partial charge is 0.373 e. The van der Waals surface area contributed by atoms with Crippen molar-refractivity contribution < 1.29 is 14.0 Å². The van der Waals surface area contributed by atoms with Gasteiger partial charge in [0.1, 0.15) is 11.9 Å². The molecular formula is C18H17FN2O2. The van der Waals surface area contributed by atoms with E-state index in [1.165, 1.54) is 24.3 Å². The summed E-state index contributed by atoms with van der Waals surface area (Å²) in [6.45, 7) is 2.03. The van der Waals surface area contributed by atoms with Gasteiger partial charge in [-0.3, -0.25) is 9.59 Å². The van der Waals surface area contributed by atoms with Crippen molar-refractivity contribution in [3.8, 4) is 0 Å². The molecule has 23 heavy (non-hydrogen) atoms. The minimum Gasteiger partial charge on any atom is -0.373 e. The first kappa shape index (κ1) is 15.2. The van der Waals surface area contributed by atoms with Crippen LogP contribution in [0.5, 0.6) is 0 Å². The summed E-state index contributed by atoms with van der Waals surface area (Å²) in [5.74, 6) is -1.00. The molecule has 1 saturated heterocycles. The van der Waals surface area contributed by atoms with E-state index in [2.05, 4.69) is 5.32 Å². The Balaban J connectivity index is 1.82. The van der Waals surface area contributed by atoms with Gasteiger partial charge in [-0.15, -0.1) is 0 Å². The summed E-state index contributed by atoms with van der Waals surface area (Å²) in [4.78, 5) is 25.9. The number of rotatable bonds is 4. The van der Waals surface area contributed by atoms with Crippen molar-refractivity contribution in [3.05, 3.63) is 59.9 Å². The standard InChI is InChI=1S/C18H17FN2O2/c1-2-12-5-3-4-6-15(12)20-16-11-17(22)21(18(16)23)14-9-7-13(19)8-10-14/h3-10,16,20H,2,11H2,1H3. The number of aryl methyl sites for hydroxylation is 1. The van der Waals surface area contributed by atoms with Gasteiger partial charge in [-0.05, 0) is 42.3 Å². The summed E-state index contributed by atoms with van der Waals surface area (Å²) in [7, 11) is 0. The van der Waals surface area contributed by atoms with Crippen LogP contribution in [0.15, 0.2) is 48.5 Å². The number of nitrogens with one attached hydrogen (secondary N) is 1. The van der Waals surface area contributed by atoms with Crippen molar-refractivity contribution in [1.29, 1.82) is 0 Å².